The summed E-state index contributed by atoms with van der Waals surface area (Å²) in [7, 11) is 0. The Bertz CT molecular complexity index is 890. The Morgan fingerprint density at radius 1 is 1.00 bits per heavy atom. The number of nitrogens with one attached hydrogen (secondary N) is 2. The minimum atomic E-state index is -0.287. The molecule has 0 aliphatic heterocycles. The lowest BCUT2D eigenvalue weighted by Crippen LogP contribution is -2.31. The summed E-state index contributed by atoms with van der Waals surface area (Å²) in [5.74, 6) is 0. The van der Waals surface area contributed by atoms with Gasteiger partial charge in [0, 0.05) is 15.4 Å². The molecule has 0 heterocycles. The van der Waals surface area contributed by atoms with Crippen molar-refractivity contribution >= 4 is 45.7 Å². The number of hydrogen-bond donors (Lipinski definition) is 2. The predicted octanol–water partition coefficient (Wildman–Crippen LogP) is 6.03. The van der Waals surface area contributed by atoms with Gasteiger partial charge in [0.15, 0.2) is 0 Å². The molecule has 0 saturated carbocycles. The molecule has 0 aliphatic carbocycles. The number of carbonyl (C=O) groups excluding carboxylic acids is 1. The van der Waals surface area contributed by atoms with Gasteiger partial charge in [0.2, 0.25) is 0 Å². The molecule has 0 radical (unpaired) electrons. The van der Waals surface area contributed by atoms with Gasteiger partial charge in [0.25, 0.3) is 0 Å². The molecule has 2 amide bonds. The molecule has 0 aromatic heterocycles. The number of carbonyl (C=O) groups is 1. The Hall–Kier alpha value is -2.23. The quantitative estimate of drug-likeness (QED) is 0.589. The Balaban J connectivity index is 1.75. The minimum absolute atomic E-state index is 0.246. The van der Waals surface area contributed by atoms with Crippen molar-refractivity contribution in [2.45, 2.75) is 13.0 Å². The van der Waals surface area contributed by atoms with E-state index in [1.54, 1.807) is 12.1 Å². The summed E-state index contributed by atoms with van der Waals surface area (Å²) in [4.78, 5) is 12.3. The largest absolute Gasteiger partial charge is 0.331 e. The summed E-state index contributed by atoms with van der Waals surface area (Å²) in [5, 5.41) is 8.95. The smallest absolute Gasteiger partial charge is 0.319 e. The van der Waals surface area contributed by atoms with E-state index in [0.29, 0.717) is 10.0 Å². The highest BCUT2D eigenvalue weighted by molar-refractivity contribution is 6.35. The number of rotatable bonds is 3. The molecule has 122 valence electrons. The molecule has 0 unspecified atom stereocenters. The summed E-state index contributed by atoms with van der Waals surface area (Å²) in [6.45, 7) is 1.87. The zero-order valence-corrected chi connectivity index (χ0v) is 14.5. The van der Waals surface area contributed by atoms with E-state index < -0.39 is 0 Å². The Morgan fingerprint density at radius 3 is 2.54 bits per heavy atom. The first kappa shape index (κ1) is 16.6. The number of benzene rings is 3. The number of anilines is 1. The van der Waals surface area contributed by atoms with E-state index in [9.17, 15) is 4.79 Å². The van der Waals surface area contributed by atoms with Crippen LogP contribution in [0.15, 0.2) is 60.7 Å². The van der Waals surface area contributed by atoms with Crippen LogP contribution in [-0.4, -0.2) is 6.03 Å². The van der Waals surface area contributed by atoms with Gasteiger partial charge < -0.3 is 10.6 Å². The SMILES string of the molecule is C[C@H](NC(=O)Nc1cccc2ccccc12)c1ccc(Cl)cc1Cl. The van der Waals surface area contributed by atoms with Gasteiger partial charge in [-0.2, -0.15) is 0 Å². The second-order valence-corrected chi connectivity index (χ2v) is 6.36. The minimum Gasteiger partial charge on any atom is -0.331 e. The molecule has 3 aromatic rings. The molecule has 5 heteroatoms. The zero-order chi connectivity index (χ0) is 17.1. The Kier molecular flexibility index (Phi) is 4.93. The maximum atomic E-state index is 12.3. The summed E-state index contributed by atoms with van der Waals surface area (Å²) >= 11 is 12.1. The third-order valence-corrected chi connectivity index (χ3v) is 4.38. The van der Waals surface area contributed by atoms with Gasteiger partial charge in [0.1, 0.15) is 0 Å². The van der Waals surface area contributed by atoms with Gasteiger partial charge >= 0.3 is 6.03 Å². The van der Waals surface area contributed by atoms with Crippen molar-refractivity contribution in [3.63, 3.8) is 0 Å². The number of fused-ring (bicyclic) bond motifs is 1. The van der Waals surface area contributed by atoms with Crippen LogP contribution in [0.4, 0.5) is 10.5 Å². The summed E-state index contributed by atoms with van der Waals surface area (Å²) in [6, 6.07) is 18.4. The van der Waals surface area contributed by atoms with Gasteiger partial charge in [-0.25, -0.2) is 4.79 Å². The van der Waals surface area contributed by atoms with Crippen molar-refractivity contribution < 1.29 is 4.79 Å². The lowest BCUT2D eigenvalue weighted by molar-refractivity contribution is 0.249. The number of urea groups is 1. The molecule has 2 N–H and O–H groups in total. The van der Waals surface area contributed by atoms with Crippen LogP contribution in [0.2, 0.25) is 10.0 Å². The number of hydrogen-bond acceptors (Lipinski definition) is 1. The van der Waals surface area contributed by atoms with Crippen molar-refractivity contribution in [3.8, 4) is 0 Å². The number of halogens is 2. The molecule has 0 aliphatic rings. The Morgan fingerprint density at radius 2 is 1.75 bits per heavy atom. The van der Waals surface area contributed by atoms with Crippen LogP contribution < -0.4 is 10.6 Å². The van der Waals surface area contributed by atoms with Crippen LogP contribution in [0.5, 0.6) is 0 Å². The van der Waals surface area contributed by atoms with Crippen molar-refractivity contribution in [2.24, 2.45) is 0 Å². The monoisotopic (exact) mass is 358 g/mol. The summed E-state index contributed by atoms with van der Waals surface area (Å²) in [5.41, 5.74) is 1.58. The molecular weight excluding hydrogens is 343 g/mol. The second-order valence-electron chi connectivity index (χ2n) is 5.51. The maximum absolute atomic E-state index is 12.3. The molecular formula is C19H16Cl2N2O. The van der Waals surface area contributed by atoms with Crippen LogP contribution in [0, 0.1) is 0 Å². The first-order valence-corrected chi connectivity index (χ1v) is 8.30. The molecule has 3 nitrogen and oxygen atoms in total. The Labute approximate surface area is 150 Å². The van der Waals surface area contributed by atoms with E-state index in [1.807, 2.05) is 55.5 Å². The van der Waals surface area contributed by atoms with E-state index in [0.717, 1.165) is 22.0 Å². The standard InChI is InChI=1S/C19H16Cl2N2O/c1-12(15-10-9-14(20)11-17(15)21)22-19(24)23-18-8-4-6-13-5-2-3-7-16(13)18/h2-12H,1H3,(H2,22,23,24)/t12-/m0/s1. The third kappa shape index (κ3) is 3.64. The van der Waals surface area contributed by atoms with Gasteiger partial charge in [-0.15, -0.1) is 0 Å². The lowest BCUT2D eigenvalue weighted by Gasteiger charge is -2.17. The highest BCUT2D eigenvalue weighted by Crippen LogP contribution is 2.27. The van der Waals surface area contributed by atoms with Crippen molar-refractivity contribution in [1.82, 2.24) is 5.32 Å². The van der Waals surface area contributed by atoms with E-state index in [1.165, 1.54) is 0 Å². The van der Waals surface area contributed by atoms with Crippen molar-refractivity contribution in [1.29, 1.82) is 0 Å². The predicted molar refractivity (Wildman–Crippen MR) is 101 cm³/mol. The van der Waals surface area contributed by atoms with E-state index in [2.05, 4.69) is 10.6 Å². The van der Waals surface area contributed by atoms with E-state index in [4.69, 9.17) is 23.2 Å². The van der Waals surface area contributed by atoms with Gasteiger partial charge in [-0.3, -0.25) is 0 Å². The molecule has 0 bridgehead atoms. The van der Waals surface area contributed by atoms with Gasteiger partial charge in [-0.1, -0.05) is 65.7 Å². The topological polar surface area (TPSA) is 41.1 Å². The van der Waals surface area contributed by atoms with Crippen LogP contribution >= 0.6 is 23.2 Å². The molecule has 0 spiro atoms. The van der Waals surface area contributed by atoms with Crippen molar-refractivity contribution in [3.05, 3.63) is 76.3 Å². The number of amides is 2. The fraction of sp³-hybridized carbons (Fsp3) is 0.105. The highest BCUT2D eigenvalue weighted by atomic mass is 35.5. The third-order valence-electron chi connectivity index (χ3n) is 3.81. The second kappa shape index (κ2) is 7.12. The zero-order valence-electron chi connectivity index (χ0n) is 13.0. The molecule has 0 fully saturated rings. The van der Waals surface area contributed by atoms with Crippen LogP contribution in [0.25, 0.3) is 10.8 Å². The maximum Gasteiger partial charge on any atom is 0.319 e. The summed E-state index contributed by atoms with van der Waals surface area (Å²) in [6.07, 6.45) is 0. The van der Waals surface area contributed by atoms with Crippen LogP contribution in [0.3, 0.4) is 0 Å². The molecule has 3 rings (SSSR count). The van der Waals surface area contributed by atoms with Gasteiger partial charge in [-0.05, 0) is 36.1 Å². The molecule has 24 heavy (non-hydrogen) atoms. The average molecular weight is 359 g/mol. The average Bonchev–Trinajstić information content (AvgIpc) is 2.55. The normalized spacial score (nSPS) is 12.0. The highest BCUT2D eigenvalue weighted by Gasteiger charge is 2.13. The summed E-state index contributed by atoms with van der Waals surface area (Å²) < 4.78 is 0. The van der Waals surface area contributed by atoms with E-state index in [-0.39, 0.29) is 12.1 Å². The molecule has 3 aromatic carbocycles. The molecule has 1 atom stereocenters. The van der Waals surface area contributed by atoms with Gasteiger partial charge in [0.05, 0.1) is 11.7 Å². The first-order chi connectivity index (χ1) is 11.5. The van der Waals surface area contributed by atoms with Crippen LogP contribution in [0.1, 0.15) is 18.5 Å². The fourth-order valence-corrected chi connectivity index (χ4v) is 3.19. The fourth-order valence-electron chi connectivity index (χ4n) is 2.62. The first-order valence-electron chi connectivity index (χ1n) is 7.55. The molecule has 0 saturated heterocycles. The lowest BCUT2D eigenvalue weighted by atomic mass is 10.1. The van der Waals surface area contributed by atoms with Crippen molar-refractivity contribution in [2.75, 3.05) is 5.32 Å². The van der Waals surface area contributed by atoms with E-state index >= 15 is 0 Å². The van der Waals surface area contributed by atoms with Crippen LogP contribution in [-0.2, 0) is 0 Å².